The highest BCUT2D eigenvalue weighted by molar-refractivity contribution is 7.80. The van der Waals surface area contributed by atoms with Crippen LogP contribution in [0.2, 0.25) is 0 Å². The quantitative estimate of drug-likeness (QED) is 0.547. The van der Waals surface area contributed by atoms with E-state index < -0.39 is 0 Å². The van der Waals surface area contributed by atoms with Gasteiger partial charge in [-0.1, -0.05) is 0 Å². The molecule has 1 rings (SSSR count). The van der Waals surface area contributed by atoms with E-state index in [4.69, 9.17) is 0 Å². The lowest BCUT2D eigenvalue weighted by Gasteiger charge is -2.11. The van der Waals surface area contributed by atoms with E-state index in [1.54, 1.807) is 6.92 Å². The Morgan fingerprint density at radius 1 is 1.78 bits per heavy atom. The molecule has 0 aromatic carbocycles. The lowest BCUT2D eigenvalue weighted by molar-refractivity contribution is -0.119. The highest BCUT2D eigenvalue weighted by Crippen LogP contribution is 2.35. The Morgan fingerprint density at radius 3 is 2.44 bits per heavy atom. The van der Waals surface area contributed by atoms with Crippen LogP contribution >= 0.6 is 12.6 Å². The Kier molecular flexibility index (Phi) is 1.70. The number of carbonyl (C=O) groups excluding carboxylic acids is 1. The fourth-order valence-corrected chi connectivity index (χ4v) is 1.24. The van der Waals surface area contributed by atoms with Crippen molar-refractivity contribution in [2.75, 3.05) is 5.75 Å². The average Bonchev–Trinajstić information content (AvgIpc) is 2.48. The van der Waals surface area contributed by atoms with Crippen LogP contribution in [0.15, 0.2) is 0 Å². The lowest BCUT2D eigenvalue weighted by atomic mass is 10.3. The van der Waals surface area contributed by atoms with E-state index in [-0.39, 0.29) is 11.4 Å². The van der Waals surface area contributed by atoms with Gasteiger partial charge in [0.1, 0.15) is 0 Å². The third-order valence-electron chi connectivity index (χ3n) is 1.60. The second-order valence-corrected chi connectivity index (χ2v) is 2.94. The van der Waals surface area contributed by atoms with Gasteiger partial charge in [0.25, 0.3) is 0 Å². The summed E-state index contributed by atoms with van der Waals surface area (Å²) in [4.78, 5) is 10.5. The molecule has 1 fully saturated rings. The molecule has 1 amide bonds. The predicted octanol–water partition coefficient (Wildman–Crippen LogP) is 0.585. The van der Waals surface area contributed by atoms with Crippen LogP contribution < -0.4 is 5.32 Å². The summed E-state index contributed by atoms with van der Waals surface area (Å²) in [5.41, 5.74) is 0.0783. The summed E-state index contributed by atoms with van der Waals surface area (Å²) in [5.74, 6) is 0.827. The molecule has 0 heterocycles. The van der Waals surface area contributed by atoms with Crippen LogP contribution in [0.4, 0.5) is 0 Å². The van der Waals surface area contributed by atoms with Gasteiger partial charge >= 0.3 is 0 Å². The minimum atomic E-state index is 0.0570. The minimum Gasteiger partial charge on any atom is -0.350 e. The van der Waals surface area contributed by atoms with Crippen LogP contribution in [-0.2, 0) is 4.79 Å². The van der Waals surface area contributed by atoms with Crippen molar-refractivity contribution in [3.05, 3.63) is 0 Å². The first-order valence-electron chi connectivity index (χ1n) is 3.08. The first-order valence-corrected chi connectivity index (χ1v) is 3.71. The summed E-state index contributed by atoms with van der Waals surface area (Å²) in [6.45, 7) is 1.55. The maximum absolute atomic E-state index is 10.5. The number of thiol groups is 1. The molecule has 1 aliphatic carbocycles. The van der Waals surface area contributed by atoms with Gasteiger partial charge in [-0.15, -0.1) is 0 Å². The van der Waals surface area contributed by atoms with E-state index in [0.29, 0.717) is 0 Å². The van der Waals surface area contributed by atoms with Crippen molar-refractivity contribution in [3.63, 3.8) is 0 Å². The predicted molar refractivity (Wildman–Crippen MR) is 39.6 cm³/mol. The topological polar surface area (TPSA) is 29.1 Å². The summed E-state index contributed by atoms with van der Waals surface area (Å²) in [5, 5.41) is 2.86. The number of hydrogen-bond donors (Lipinski definition) is 2. The zero-order valence-electron chi connectivity index (χ0n) is 5.48. The van der Waals surface area contributed by atoms with Crippen molar-refractivity contribution in [1.29, 1.82) is 0 Å². The molecule has 2 nitrogen and oxygen atoms in total. The molecular weight excluding hydrogens is 134 g/mol. The van der Waals surface area contributed by atoms with Crippen molar-refractivity contribution in [2.24, 2.45) is 0 Å². The summed E-state index contributed by atoms with van der Waals surface area (Å²) in [6.07, 6.45) is 2.19. The summed E-state index contributed by atoms with van der Waals surface area (Å²) in [6, 6.07) is 0. The Morgan fingerprint density at radius 2 is 2.33 bits per heavy atom. The molecule has 52 valence electrons. The Labute approximate surface area is 60.4 Å². The zero-order chi connectivity index (χ0) is 6.91. The summed E-state index contributed by atoms with van der Waals surface area (Å²) in [7, 11) is 0. The van der Waals surface area contributed by atoms with Crippen LogP contribution in [0, 0.1) is 0 Å². The van der Waals surface area contributed by atoms with Crippen LogP contribution in [0.3, 0.4) is 0 Å². The molecule has 1 saturated carbocycles. The Bertz CT molecular complexity index is 131. The number of nitrogens with one attached hydrogen (secondary N) is 1. The first kappa shape index (κ1) is 6.93. The molecule has 1 N–H and O–H groups in total. The highest BCUT2D eigenvalue weighted by Gasteiger charge is 2.41. The monoisotopic (exact) mass is 145 g/mol. The summed E-state index contributed by atoms with van der Waals surface area (Å²) < 4.78 is 0. The molecule has 0 atom stereocenters. The molecular formula is C6H11NOS. The molecule has 0 spiro atoms. The molecule has 0 bridgehead atoms. The number of amides is 1. The van der Waals surface area contributed by atoms with E-state index in [2.05, 4.69) is 17.9 Å². The van der Waals surface area contributed by atoms with Gasteiger partial charge in [-0.2, -0.15) is 12.6 Å². The minimum absolute atomic E-state index is 0.0570. The first-order chi connectivity index (χ1) is 4.18. The second kappa shape index (κ2) is 2.21. The van der Waals surface area contributed by atoms with E-state index in [0.717, 1.165) is 18.6 Å². The maximum Gasteiger partial charge on any atom is 0.217 e. The standard InChI is InChI=1S/C6H11NOS/c1-5(8)7-6(4-9)2-3-6/h9H,2-4H2,1H3,(H,7,8). The molecule has 1 aliphatic rings. The van der Waals surface area contributed by atoms with Gasteiger partial charge < -0.3 is 5.32 Å². The maximum atomic E-state index is 10.5. The molecule has 0 saturated heterocycles. The summed E-state index contributed by atoms with van der Waals surface area (Å²) >= 11 is 4.12. The van der Waals surface area contributed by atoms with Crippen LogP contribution in [-0.4, -0.2) is 17.2 Å². The van der Waals surface area contributed by atoms with Crippen molar-refractivity contribution >= 4 is 18.5 Å². The van der Waals surface area contributed by atoms with Gasteiger partial charge in [0, 0.05) is 18.2 Å². The largest absolute Gasteiger partial charge is 0.350 e. The molecule has 0 unspecified atom stereocenters. The van der Waals surface area contributed by atoms with Crippen LogP contribution in [0.5, 0.6) is 0 Å². The zero-order valence-corrected chi connectivity index (χ0v) is 6.37. The number of rotatable bonds is 2. The number of hydrogen-bond acceptors (Lipinski definition) is 2. The number of carbonyl (C=O) groups is 1. The van der Waals surface area contributed by atoms with E-state index in [1.165, 1.54) is 0 Å². The van der Waals surface area contributed by atoms with Crippen molar-refractivity contribution in [3.8, 4) is 0 Å². The van der Waals surface area contributed by atoms with Crippen molar-refractivity contribution in [1.82, 2.24) is 5.32 Å². The molecule has 0 aromatic heterocycles. The van der Waals surface area contributed by atoms with Gasteiger partial charge in [-0.25, -0.2) is 0 Å². The average molecular weight is 145 g/mol. The highest BCUT2D eigenvalue weighted by atomic mass is 32.1. The third-order valence-corrected chi connectivity index (χ3v) is 2.20. The van der Waals surface area contributed by atoms with Gasteiger partial charge in [0.2, 0.25) is 5.91 Å². The van der Waals surface area contributed by atoms with Crippen molar-refractivity contribution in [2.45, 2.75) is 25.3 Å². The molecule has 0 radical (unpaired) electrons. The molecule has 0 aromatic rings. The normalized spacial score (nSPS) is 21.1. The SMILES string of the molecule is CC(=O)NC1(CS)CC1. The van der Waals surface area contributed by atoms with Gasteiger partial charge in [-0.05, 0) is 12.8 Å². The molecule has 0 aliphatic heterocycles. The van der Waals surface area contributed by atoms with E-state index >= 15 is 0 Å². The van der Waals surface area contributed by atoms with Crippen LogP contribution in [0.1, 0.15) is 19.8 Å². The lowest BCUT2D eigenvalue weighted by Crippen LogP contribution is -2.36. The van der Waals surface area contributed by atoms with Crippen molar-refractivity contribution < 1.29 is 4.79 Å². The second-order valence-electron chi connectivity index (χ2n) is 2.62. The Hall–Kier alpha value is -0.180. The van der Waals surface area contributed by atoms with Gasteiger partial charge in [0.05, 0.1) is 0 Å². The fourth-order valence-electron chi connectivity index (χ4n) is 0.847. The Balaban J connectivity index is 2.33. The van der Waals surface area contributed by atoms with E-state index in [1.807, 2.05) is 0 Å². The van der Waals surface area contributed by atoms with Gasteiger partial charge in [0.15, 0.2) is 0 Å². The molecule has 3 heteroatoms. The molecule has 9 heavy (non-hydrogen) atoms. The van der Waals surface area contributed by atoms with E-state index in [9.17, 15) is 4.79 Å². The fraction of sp³-hybridized carbons (Fsp3) is 0.833. The third kappa shape index (κ3) is 1.61. The van der Waals surface area contributed by atoms with Gasteiger partial charge in [-0.3, -0.25) is 4.79 Å². The van der Waals surface area contributed by atoms with Crippen LogP contribution in [0.25, 0.3) is 0 Å². The smallest absolute Gasteiger partial charge is 0.217 e.